The predicted octanol–water partition coefficient (Wildman–Crippen LogP) is 3.13. The molecule has 0 unspecified atom stereocenters. The van der Waals surface area contributed by atoms with Crippen LogP contribution in [0.3, 0.4) is 0 Å². The zero-order chi connectivity index (χ0) is 23.4. The molecule has 2 N–H and O–H groups in total. The molecule has 1 fully saturated rings. The van der Waals surface area contributed by atoms with Crippen LogP contribution in [0.25, 0.3) is 0 Å². The molecule has 0 spiro atoms. The van der Waals surface area contributed by atoms with Gasteiger partial charge >= 0.3 is 0 Å². The smallest absolute Gasteiger partial charge is 0.293 e. The number of carbonyl (C=O) groups excluding carboxylic acids is 3. The summed E-state index contributed by atoms with van der Waals surface area (Å²) in [6.07, 6.45) is 0. The van der Waals surface area contributed by atoms with Gasteiger partial charge in [-0.05, 0) is 30.3 Å². The van der Waals surface area contributed by atoms with Crippen molar-refractivity contribution in [3.05, 3.63) is 57.1 Å². The van der Waals surface area contributed by atoms with Crippen LogP contribution in [0.5, 0.6) is 0 Å². The van der Waals surface area contributed by atoms with E-state index in [1.165, 1.54) is 44.2 Å². The van der Waals surface area contributed by atoms with Crippen LogP contribution in [0.15, 0.2) is 36.4 Å². The number of hydrogen-bond donors (Lipinski definition) is 2. The van der Waals surface area contributed by atoms with Crippen molar-refractivity contribution in [1.29, 1.82) is 0 Å². The van der Waals surface area contributed by atoms with Gasteiger partial charge in [0.1, 0.15) is 5.69 Å². The lowest BCUT2D eigenvalue weighted by Gasteiger charge is -2.35. The zero-order valence-corrected chi connectivity index (χ0v) is 18.3. The molecule has 3 rings (SSSR count). The molecule has 0 atom stereocenters. The van der Waals surface area contributed by atoms with Crippen molar-refractivity contribution in [2.75, 3.05) is 41.7 Å². The first-order valence-corrected chi connectivity index (χ1v) is 10.2. The van der Waals surface area contributed by atoms with E-state index in [0.717, 1.165) is 0 Å². The minimum absolute atomic E-state index is 0.0325. The average molecular weight is 460 g/mol. The lowest BCUT2D eigenvalue weighted by atomic mass is 10.1. The van der Waals surface area contributed by atoms with Crippen molar-refractivity contribution in [2.45, 2.75) is 13.8 Å². The quantitative estimate of drug-likeness (QED) is 0.522. The third-order valence-corrected chi connectivity index (χ3v) is 5.35. The fourth-order valence-corrected chi connectivity index (χ4v) is 3.66. The maximum Gasteiger partial charge on any atom is 0.293 e. The minimum Gasteiger partial charge on any atom is -0.362 e. The van der Waals surface area contributed by atoms with Crippen LogP contribution in [0.2, 0.25) is 5.02 Å². The number of nitrogens with one attached hydrogen (secondary N) is 2. The SMILES string of the molecule is CC(=O)Nc1ccc(NC(=O)c2ccc(N3CCN(C(C)=O)CC3)c([N+](=O)[O-])c2)c(Cl)c1. The van der Waals surface area contributed by atoms with Crippen LogP contribution in [0.4, 0.5) is 22.7 Å². The zero-order valence-electron chi connectivity index (χ0n) is 17.6. The number of anilines is 3. The van der Waals surface area contributed by atoms with Crippen LogP contribution in [0, 0.1) is 10.1 Å². The van der Waals surface area contributed by atoms with Crippen molar-refractivity contribution in [3.63, 3.8) is 0 Å². The van der Waals surface area contributed by atoms with E-state index in [1.54, 1.807) is 11.0 Å². The summed E-state index contributed by atoms with van der Waals surface area (Å²) >= 11 is 6.18. The molecule has 2 aromatic rings. The fraction of sp³-hybridized carbons (Fsp3) is 0.286. The maximum absolute atomic E-state index is 12.7. The molecule has 0 bridgehead atoms. The first-order chi connectivity index (χ1) is 15.2. The molecule has 3 amide bonds. The van der Waals surface area contributed by atoms with Crippen LogP contribution in [-0.2, 0) is 9.59 Å². The van der Waals surface area contributed by atoms with Crippen molar-refractivity contribution >= 4 is 52.1 Å². The molecule has 1 aliphatic rings. The van der Waals surface area contributed by atoms with Gasteiger partial charge in [0.05, 0.1) is 15.6 Å². The lowest BCUT2D eigenvalue weighted by Crippen LogP contribution is -2.48. The normalized spacial score (nSPS) is 13.5. The first-order valence-electron chi connectivity index (χ1n) is 9.83. The Kier molecular flexibility index (Phi) is 6.94. The molecule has 168 valence electrons. The highest BCUT2D eigenvalue weighted by Crippen LogP contribution is 2.31. The summed E-state index contributed by atoms with van der Waals surface area (Å²) in [4.78, 5) is 50.0. The number of benzene rings is 2. The van der Waals surface area contributed by atoms with Gasteiger partial charge in [0.15, 0.2) is 0 Å². The Morgan fingerprint density at radius 3 is 2.25 bits per heavy atom. The van der Waals surface area contributed by atoms with E-state index in [-0.39, 0.29) is 28.1 Å². The molecule has 11 heteroatoms. The summed E-state index contributed by atoms with van der Waals surface area (Å²) in [6.45, 7) is 4.72. The number of piperazine rings is 1. The number of rotatable bonds is 5. The van der Waals surface area contributed by atoms with Crippen LogP contribution >= 0.6 is 11.6 Å². The third-order valence-electron chi connectivity index (χ3n) is 5.04. The van der Waals surface area contributed by atoms with E-state index in [9.17, 15) is 24.5 Å². The molecule has 32 heavy (non-hydrogen) atoms. The van der Waals surface area contributed by atoms with Gasteiger partial charge in [-0.3, -0.25) is 24.5 Å². The summed E-state index contributed by atoms with van der Waals surface area (Å²) in [5.41, 5.74) is 1.08. The molecule has 0 saturated carbocycles. The van der Waals surface area contributed by atoms with Crippen molar-refractivity contribution in [1.82, 2.24) is 4.90 Å². The molecule has 0 radical (unpaired) electrons. The van der Waals surface area contributed by atoms with E-state index in [0.29, 0.717) is 43.2 Å². The van der Waals surface area contributed by atoms with E-state index >= 15 is 0 Å². The Morgan fingerprint density at radius 1 is 1.00 bits per heavy atom. The summed E-state index contributed by atoms with van der Waals surface area (Å²) in [5, 5.41) is 17.1. The first kappa shape index (κ1) is 23.0. The van der Waals surface area contributed by atoms with Crippen LogP contribution < -0.4 is 15.5 Å². The Hall–Kier alpha value is -3.66. The van der Waals surface area contributed by atoms with Gasteiger partial charge in [-0.2, -0.15) is 0 Å². The topological polar surface area (TPSA) is 125 Å². The number of carbonyl (C=O) groups is 3. The number of nitro benzene ring substituents is 1. The number of amides is 3. The van der Waals surface area contributed by atoms with E-state index in [2.05, 4.69) is 10.6 Å². The molecule has 1 saturated heterocycles. The molecule has 1 heterocycles. The van der Waals surface area contributed by atoms with Crippen molar-refractivity contribution in [3.8, 4) is 0 Å². The van der Waals surface area contributed by atoms with Crippen LogP contribution in [-0.4, -0.2) is 53.7 Å². The molecule has 2 aromatic carbocycles. The van der Waals surface area contributed by atoms with Gasteiger partial charge in [-0.15, -0.1) is 0 Å². The highest BCUT2D eigenvalue weighted by atomic mass is 35.5. The Labute approximate surface area is 189 Å². The van der Waals surface area contributed by atoms with Gasteiger partial charge in [-0.25, -0.2) is 0 Å². The molecular formula is C21H22ClN5O5. The fourth-order valence-electron chi connectivity index (χ4n) is 3.43. The highest BCUT2D eigenvalue weighted by Gasteiger charge is 2.26. The van der Waals surface area contributed by atoms with E-state index < -0.39 is 10.8 Å². The monoisotopic (exact) mass is 459 g/mol. The largest absolute Gasteiger partial charge is 0.362 e. The number of halogens is 1. The van der Waals surface area contributed by atoms with Crippen molar-refractivity contribution in [2.24, 2.45) is 0 Å². The van der Waals surface area contributed by atoms with Gasteiger partial charge < -0.3 is 20.4 Å². The summed E-state index contributed by atoms with van der Waals surface area (Å²) in [6, 6.07) is 8.87. The lowest BCUT2D eigenvalue weighted by molar-refractivity contribution is -0.384. The number of nitro groups is 1. The second kappa shape index (κ2) is 9.65. The number of nitrogens with zero attached hydrogens (tertiary/aromatic N) is 3. The van der Waals surface area contributed by atoms with Crippen molar-refractivity contribution < 1.29 is 19.3 Å². The van der Waals surface area contributed by atoms with Gasteiger partial charge in [0.2, 0.25) is 11.8 Å². The number of hydrogen-bond acceptors (Lipinski definition) is 6. The molecule has 0 aliphatic carbocycles. The Balaban J connectivity index is 1.78. The van der Waals surface area contributed by atoms with Gasteiger partial charge in [-0.1, -0.05) is 11.6 Å². The second-order valence-corrected chi connectivity index (χ2v) is 7.69. The van der Waals surface area contributed by atoms with E-state index in [4.69, 9.17) is 11.6 Å². The second-order valence-electron chi connectivity index (χ2n) is 7.28. The standard InChI is InChI=1S/C21H22ClN5O5/c1-13(28)23-16-4-5-18(17(22)12-16)24-21(30)15-3-6-19(20(11-15)27(31)32)26-9-7-25(8-10-26)14(2)29/h3-6,11-12H,7-10H2,1-2H3,(H,23,28)(H,24,30). The van der Waals surface area contributed by atoms with E-state index in [1.807, 2.05) is 4.90 Å². The molecule has 0 aromatic heterocycles. The predicted molar refractivity (Wildman–Crippen MR) is 121 cm³/mol. The molecule has 10 nitrogen and oxygen atoms in total. The molecule has 1 aliphatic heterocycles. The summed E-state index contributed by atoms with van der Waals surface area (Å²) in [5.74, 6) is -0.849. The third kappa shape index (κ3) is 5.33. The minimum atomic E-state index is -0.560. The van der Waals surface area contributed by atoms with Crippen LogP contribution in [0.1, 0.15) is 24.2 Å². The average Bonchev–Trinajstić information content (AvgIpc) is 2.74. The van der Waals surface area contributed by atoms with Gasteiger partial charge in [0, 0.05) is 57.3 Å². The summed E-state index contributed by atoms with van der Waals surface area (Å²) < 4.78 is 0. The Bertz CT molecular complexity index is 1080. The summed E-state index contributed by atoms with van der Waals surface area (Å²) in [7, 11) is 0. The maximum atomic E-state index is 12.7. The Morgan fingerprint density at radius 2 is 1.69 bits per heavy atom. The van der Waals surface area contributed by atoms with Gasteiger partial charge in [0.25, 0.3) is 11.6 Å². The molecular weight excluding hydrogens is 438 g/mol. The highest BCUT2D eigenvalue weighted by molar-refractivity contribution is 6.34.